The van der Waals surface area contributed by atoms with E-state index >= 15 is 0 Å². The summed E-state index contributed by atoms with van der Waals surface area (Å²) in [6.07, 6.45) is 1.31. The summed E-state index contributed by atoms with van der Waals surface area (Å²) in [5, 5.41) is 7.96. The van der Waals surface area contributed by atoms with Crippen molar-refractivity contribution in [1.29, 1.82) is 0 Å². The van der Waals surface area contributed by atoms with Gasteiger partial charge < -0.3 is 10.2 Å². The highest BCUT2D eigenvalue weighted by Crippen LogP contribution is 2.29. The van der Waals surface area contributed by atoms with Crippen LogP contribution >= 0.6 is 22.9 Å². The van der Waals surface area contributed by atoms with Gasteiger partial charge >= 0.3 is 0 Å². The van der Waals surface area contributed by atoms with Crippen LogP contribution in [0.5, 0.6) is 0 Å². The fourth-order valence-corrected chi connectivity index (χ4v) is 5.55. The zero-order valence-corrected chi connectivity index (χ0v) is 20.2. The highest BCUT2D eigenvalue weighted by atomic mass is 35.5. The van der Waals surface area contributed by atoms with Gasteiger partial charge in [0.25, 0.3) is 5.91 Å². The zero-order valence-electron chi connectivity index (χ0n) is 18.6. The molecule has 172 valence electrons. The third kappa shape index (κ3) is 4.72. The first-order valence-electron chi connectivity index (χ1n) is 11.5. The van der Waals surface area contributed by atoms with Crippen LogP contribution in [0.1, 0.15) is 39.7 Å². The molecule has 0 bridgehead atoms. The van der Waals surface area contributed by atoms with Crippen molar-refractivity contribution < 1.29 is 9.59 Å². The van der Waals surface area contributed by atoms with Crippen LogP contribution in [0.15, 0.2) is 84.2 Å². The Balaban J connectivity index is 1.26. The number of amides is 2. The Morgan fingerprint density at radius 1 is 0.912 bits per heavy atom. The van der Waals surface area contributed by atoms with Crippen LogP contribution in [0.2, 0.25) is 5.02 Å². The van der Waals surface area contributed by atoms with Gasteiger partial charge in [0.1, 0.15) is 0 Å². The van der Waals surface area contributed by atoms with E-state index in [2.05, 4.69) is 5.32 Å². The Kier molecular flexibility index (Phi) is 6.66. The third-order valence-corrected chi connectivity index (χ3v) is 7.68. The number of nitrogens with zero attached hydrogens (tertiary/aromatic N) is 1. The van der Waals surface area contributed by atoms with Gasteiger partial charge in [-0.15, -0.1) is 11.3 Å². The van der Waals surface area contributed by atoms with Crippen molar-refractivity contribution in [2.45, 2.75) is 18.9 Å². The van der Waals surface area contributed by atoms with Crippen LogP contribution in [-0.2, 0) is 4.79 Å². The molecular weight excluding hydrogens is 464 g/mol. The molecule has 2 heterocycles. The van der Waals surface area contributed by atoms with Crippen LogP contribution in [0, 0.1) is 5.92 Å². The van der Waals surface area contributed by atoms with Gasteiger partial charge in [-0.25, -0.2) is 0 Å². The molecule has 0 spiro atoms. The molecule has 1 aliphatic rings. The Hall–Kier alpha value is -3.15. The summed E-state index contributed by atoms with van der Waals surface area (Å²) in [5.41, 5.74) is 1.73. The first-order valence-corrected chi connectivity index (χ1v) is 12.7. The summed E-state index contributed by atoms with van der Waals surface area (Å²) < 4.78 is 0. The summed E-state index contributed by atoms with van der Waals surface area (Å²) in [4.78, 5) is 29.4. The lowest BCUT2D eigenvalue weighted by Crippen LogP contribution is -2.43. The number of fused-ring (bicyclic) bond motifs is 1. The van der Waals surface area contributed by atoms with Crippen molar-refractivity contribution in [3.63, 3.8) is 0 Å². The fraction of sp³-hybridized carbons (Fsp3) is 0.214. The molecule has 0 saturated carbocycles. The maximum Gasteiger partial charge on any atom is 0.254 e. The predicted octanol–water partition coefficient (Wildman–Crippen LogP) is 6.31. The second-order valence-corrected chi connectivity index (χ2v) is 10.0. The minimum atomic E-state index is -0.208. The Bertz CT molecular complexity index is 1290. The fourth-order valence-electron chi connectivity index (χ4n) is 4.62. The highest BCUT2D eigenvalue weighted by molar-refractivity contribution is 7.10. The van der Waals surface area contributed by atoms with E-state index in [0.717, 1.165) is 26.8 Å². The van der Waals surface area contributed by atoms with E-state index in [4.69, 9.17) is 11.6 Å². The first-order chi connectivity index (χ1) is 16.6. The number of halogens is 1. The summed E-state index contributed by atoms with van der Waals surface area (Å²) in [5.74, 6) is -0.0507. The van der Waals surface area contributed by atoms with E-state index in [1.54, 1.807) is 11.3 Å². The molecule has 34 heavy (non-hydrogen) atoms. The summed E-state index contributed by atoms with van der Waals surface area (Å²) in [6, 6.07) is 25.2. The highest BCUT2D eigenvalue weighted by Gasteiger charge is 2.30. The second-order valence-electron chi connectivity index (χ2n) is 8.60. The van der Waals surface area contributed by atoms with Gasteiger partial charge in [0.2, 0.25) is 5.91 Å². The molecule has 4 nitrogen and oxygen atoms in total. The number of rotatable bonds is 5. The minimum absolute atomic E-state index is 0.0330. The van der Waals surface area contributed by atoms with Gasteiger partial charge in [-0.05, 0) is 58.8 Å². The molecule has 1 atom stereocenters. The number of hydrogen-bond donors (Lipinski definition) is 1. The van der Waals surface area contributed by atoms with Crippen molar-refractivity contribution in [1.82, 2.24) is 10.2 Å². The lowest BCUT2D eigenvalue weighted by Gasteiger charge is -2.32. The number of nitrogens with one attached hydrogen (secondary N) is 1. The second kappa shape index (κ2) is 10.00. The number of hydrogen-bond acceptors (Lipinski definition) is 3. The maximum atomic E-state index is 13.3. The van der Waals surface area contributed by atoms with E-state index < -0.39 is 0 Å². The molecule has 1 aliphatic heterocycles. The van der Waals surface area contributed by atoms with E-state index in [-0.39, 0.29) is 23.8 Å². The molecule has 4 aromatic rings. The van der Waals surface area contributed by atoms with Crippen LogP contribution in [0.25, 0.3) is 10.8 Å². The molecular formula is C28H25ClN2O2S. The van der Waals surface area contributed by atoms with Gasteiger partial charge in [0.05, 0.1) is 6.04 Å². The summed E-state index contributed by atoms with van der Waals surface area (Å²) in [7, 11) is 0. The number of carbonyl (C=O) groups is 2. The van der Waals surface area contributed by atoms with Crippen molar-refractivity contribution in [3.05, 3.63) is 105 Å². The van der Waals surface area contributed by atoms with E-state index in [0.29, 0.717) is 31.0 Å². The smallest absolute Gasteiger partial charge is 0.254 e. The Morgan fingerprint density at radius 3 is 2.38 bits per heavy atom. The molecule has 1 unspecified atom stereocenters. The topological polar surface area (TPSA) is 49.4 Å². The van der Waals surface area contributed by atoms with Gasteiger partial charge in [0, 0.05) is 34.5 Å². The largest absolute Gasteiger partial charge is 0.344 e. The van der Waals surface area contributed by atoms with Crippen molar-refractivity contribution >= 4 is 45.5 Å². The quantitative estimate of drug-likeness (QED) is 0.357. The van der Waals surface area contributed by atoms with Crippen LogP contribution in [0.4, 0.5) is 0 Å². The van der Waals surface area contributed by atoms with Gasteiger partial charge in [-0.2, -0.15) is 0 Å². The first kappa shape index (κ1) is 22.6. The molecule has 0 aliphatic carbocycles. The zero-order chi connectivity index (χ0) is 23.5. The van der Waals surface area contributed by atoms with E-state index in [1.165, 1.54) is 0 Å². The normalized spacial score (nSPS) is 15.3. The monoisotopic (exact) mass is 488 g/mol. The molecule has 1 saturated heterocycles. The molecule has 5 rings (SSSR count). The summed E-state index contributed by atoms with van der Waals surface area (Å²) >= 11 is 7.69. The number of carbonyl (C=O) groups excluding carboxylic acids is 2. The molecule has 2 amide bonds. The van der Waals surface area contributed by atoms with Crippen LogP contribution in [-0.4, -0.2) is 29.8 Å². The lowest BCUT2D eigenvalue weighted by molar-refractivity contribution is -0.126. The lowest BCUT2D eigenvalue weighted by atomic mass is 9.94. The van der Waals surface area contributed by atoms with Crippen LogP contribution < -0.4 is 5.32 Å². The van der Waals surface area contributed by atoms with Crippen LogP contribution in [0.3, 0.4) is 0 Å². The van der Waals surface area contributed by atoms with Gasteiger partial charge in [0.15, 0.2) is 0 Å². The van der Waals surface area contributed by atoms with Gasteiger partial charge in [-0.1, -0.05) is 66.2 Å². The summed E-state index contributed by atoms with van der Waals surface area (Å²) in [6.45, 7) is 1.15. The predicted molar refractivity (Wildman–Crippen MR) is 138 cm³/mol. The van der Waals surface area contributed by atoms with Crippen molar-refractivity contribution in [2.75, 3.05) is 13.1 Å². The van der Waals surface area contributed by atoms with E-state index in [1.807, 2.05) is 89.1 Å². The molecule has 0 radical (unpaired) electrons. The number of benzene rings is 3. The average molecular weight is 489 g/mol. The Labute approximate surface area is 208 Å². The van der Waals surface area contributed by atoms with Crippen molar-refractivity contribution in [3.8, 4) is 0 Å². The Morgan fingerprint density at radius 2 is 1.65 bits per heavy atom. The average Bonchev–Trinajstić information content (AvgIpc) is 3.42. The molecule has 1 aromatic heterocycles. The molecule has 1 fully saturated rings. The molecule has 1 N–H and O–H groups in total. The third-order valence-electron chi connectivity index (χ3n) is 6.49. The molecule has 3 aromatic carbocycles. The number of thiophene rings is 1. The van der Waals surface area contributed by atoms with Crippen molar-refractivity contribution in [2.24, 2.45) is 5.92 Å². The number of piperidine rings is 1. The molecule has 6 heteroatoms. The number of likely N-dealkylation sites (tertiary alicyclic amines) is 1. The standard InChI is InChI=1S/C28H25ClN2O2S/c29-22-12-10-20(11-13-22)26(25-9-4-18-34-25)30-27(32)21-14-16-31(17-15-21)28(33)24-8-3-6-19-5-1-2-7-23(19)24/h1-13,18,21,26H,14-17H2,(H,30,32). The van der Waals surface area contributed by atoms with E-state index in [9.17, 15) is 9.59 Å². The SMILES string of the molecule is O=C(NC(c1ccc(Cl)cc1)c1cccs1)C1CCN(C(=O)c2cccc3ccccc23)CC1. The van der Waals surface area contributed by atoms with Gasteiger partial charge in [-0.3, -0.25) is 9.59 Å². The minimum Gasteiger partial charge on any atom is -0.344 e. The maximum absolute atomic E-state index is 13.3.